The maximum Gasteiger partial charge on any atom is 0.331 e. The molecular formula is C18H20N2O5. The van der Waals surface area contributed by atoms with Gasteiger partial charge < -0.3 is 14.0 Å². The minimum Gasteiger partial charge on any atom is -0.496 e. The lowest BCUT2D eigenvalue weighted by atomic mass is 10.1. The van der Waals surface area contributed by atoms with Crippen LogP contribution >= 0.6 is 0 Å². The van der Waals surface area contributed by atoms with Gasteiger partial charge in [0.05, 0.1) is 12.7 Å². The lowest BCUT2D eigenvalue weighted by Crippen LogP contribution is -2.37. The first-order chi connectivity index (χ1) is 11.8. The average molecular weight is 344 g/mol. The van der Waals surface area contributed by atoms with E-state index >= 15 is 0 Å². The number of ether oxygens (including phenoxy) is 2. The average Bonchev–Trinajstić information content (AvgIpc) is 2.60. The monoisotopic (exact) mass is 344 g/mol. The Morgan fingerprint density at radius 1 is 1.24 bits per heavy atom. The van der Waals surface area contributed by atoms with Gasteiger partial charge in [-0.05, 0) is 25.1 Å². The molecule has 0 fully saturated rings. The summed E-state index contributed by atoms with van der Waals surface area (Å²) in [4.78, 5) is 35.5. The van der Waals surface area contributed by atoms with E-state index < -0.39 is 17.2 Å². The Hall–Kier alpha value is -3.09. The molecular weight excluding hydrogens is 324 g/mol. The number of esters is 1. The third-order valence-corrected chi connectivity index (χ3v) is 3.68. The van der Waals surface area contributed by atoms with E-state index in [1.807, 2.05) is 25.1 Å². The van der Waals surface area contributed by atoms with E-state index in [0.29, 0.717) is 5.75 Å². The predicted octanol–water partition coefficient (Wildman–Crippen LogP) is 1.16. The highest BCUT2D eigenvalue weighted by molar-refractivity contribution is 5.86. The second kappa shape index (κ2) is 7.65. The van der Waals surface area contributed by atoms with Gasteiger partial charge in [0, 0.05) is 31.9 Å². The van der Waals surface area contributed by atoms with E-state index in [4.69, 9.17) is 9.47 Å². The number of methoxy groups -OCH3 is 1. The van der Waals surface area contributed by atoms with Crippen LogP contribution in [0.1, 0.15) is 16.7 Å². The maximum absolute atomic E-state index is 12.0. The second-order valence-corrected chi connectivity index (χ2v) is 5.60. The zero-order valence-corrected chi connectivity index (χ0v) is 14.6. The number of aryl methyl sites for hydroxylation is 2. The van der Waals surface area contributed by atoms with E-state index in [0.717, 1.165) is 21.8 Å². The second-order valence-electron chi connectivity index (χ2n) is 5.60. The van der Waals surface area contributed by atoms with Gasteiger partial charge in [0.1, 0.15) is 12.4 Å². The molecule has 0 aliphatic rings. The molecule has 1 aromatic carbocycles. The minimum absolute atomic E-state index is 0.0549. The number of nitrogens with zero attached hydrogens (tertiary/aromatic N) is 2. The van der Waals surface area contributed by atoms with Crippen molar-refractivity contribution >= 4 is 12.0 Å². The largest absolute Gasteiger partial charge is 0.496 e. The van der Waals surface area contributed by atoms with E-state index in [2.05, 4.69) is 0 Å². The molecule has 0 aliphatic carbocycles. The van der Waals surface area contributed by atoms with Crippen molar-refractivity contribution in [1.82, 2.24) is 9.13 Å². The van der Waals surface area contributed by atoms with Crippen LogP contribution in [-0.4, -0.2) is 22.2 Å². The van der Waals surface area contributed by atoms with Crippen LogP contribution in [0.4, 0.5) is 0 Å². The number of carbonyl (C=O) groups is 1. The molecule has 0 spiro atoms. The van der Waals surface area contributed by atoms with E-state index in [1.165, 1.54) is 30.9 Å². The molecule has 0 bridgehead atoms. The lowest BCUT2D eigenvalue weighted by molar-refractivity contribution is -0.138. The highest BCUT2D eigenvalue weighted by Gasteiger charge is 2.07. The van der Waals surface area contributed by atoms with Gasteiger partial charge in [0.15, 0.2) is 0 Å². The van der Waals surface area contributed by atoms with Crippen molar-refractivity contribution in [2.24, 2.45) is 14.1 Å². The Morgan fingerprint density at radius 3 is 2.64 bits per heavy atom. The number of carbonyl (C=O) groups excluding carboxylic acids is 1. The summed E-state index contributed by atoms with van der Waals surface area (Å²) in [6, 6.07) is 5.58. The molecule has 0 radical (unpaired) electrons. The van der Waals surface area contributed by atoms with Crippen LogP contribution < -0.4 is 16.0 Å². The molecule has 1 heterocycles. The summed E-state index contributed by atoms with van der Waals surface area (Å²) in [5.74, 6) is 0.0359. The van der Waals surface area contributed by atoms with Crippen molar-refractivity contribution in [2.75, 3.05) is 7.11 Å². The van der Waals surface area contributed by atoms with Gasteiger partial charge in [-0.1, -0.05) is 11.6 Å². The first-order valence-electron chi connectivity index (χ1n) is 7.58. The highest BCUT2D eigenvalue weighted by atomic mass is 16.5. The fourth-order valence-electron chi connectivity index (χ4n) is 2.33. The molecule has 1 aromatic heterocycles. The summed E-state index contributed by atoms with van der Waals surface area (Å²) >= 11 is 0. The minimum atomic E-state index is -0.598. The quantitative estimate of drug-likeness (QED) is 0.601. The molecule has 0 saturated heterocycles. The molecule has 0 aliphatic heterocycles. The normalized spacial score (nSPS) is 10.9. The first kappa shape index (κ1) is 18.3. The molecule has 25 heavy (non-hydrogen) atoms. The SMILES string of the molecule is COc1ccc(C)cc1COC(=O)/C=C/c1cn(C)c(=O)n(C)c1=O. The number of aromatic nitrogens is 2. The van der Waals surface area contributed by atoms with Crippen molar-refractivity contribution in [2.45, 2.75) is 13.5 Å². The van der Waals surface area contributed by atoms with Gasteiger partial charge >= 0.3 is 11.7 Å². The summed E-state index contributed by atoms with van der Waals surface area (Å²) in [5, 5.41) is 0. The van der Waals surface area contributed by atoms with Crippen LogP contribution in [0.25, 0.3) is 6.08 Å². The lowest BCUT2D eigenvalue weighted by Gasteiger charge is -2.09. The van der Waals surface area contributed by atoms with Crippen molar-refractivity contribution in [1.29, 1.82) is 0 Å². The summed E-state index contributed by atoms with van der Waals surface area (Å²) in [5.41, 5.74) is 1.08. The van der Waals surface area contributed by atoms with Gasteiger partial charge in [-0.15, -0.1) is 0 Å². The van der Waals surface area contributed by atoms with Crippen molar-refractivity contribution in [3.8, 4) is 5.75 Å². The zero-order valence-electron chi connectivity index (χ0n) is 14.6. The van der Waals surface area contributed by atoms with E-state index in [9.17, 15) is 14.4 Å². The van der Waals surface area contributed by atoms with Crippen LogP contribution in [0, 0.1) is 6.92 Å². The Labute approximate surface area is 144 Å². The third-order valence-electron chi connectivity index (χ3n) is 3.68. The third kappa shape index (κ3) is 4.26. The van der Waals surface area contributed by atoms with Crippen LogP contribution in [0.3, 0.4) is 0 Å². The number of rotatable bonds is 5. The summed E-state index contributed by atoms with van der Waals surface area (Å²) in [6.45, 7) is 1.99. The first-order valence-corrected chi connectivity index (χ1v) is 7.58. The van der Waals surface area contributed by atoms with Gasteiger partial charge in [-0.2, -0.15) is 0 Å². The van der Waals surface area contributed by atoms with Crippen LogP contribution in [0.2, 0.25) is 0 Å². The standard InChI is InChI=1S/C18H20N2O5/c1-12-5-7-15(24-4)14(9-12)11-25-16(21)8-6-13-10-19(2)18(23)20(3)17(13)22/h5-10H,11H2,1-4H3/b8-6+. The van der Waals surface area contributed by atoms with Crippen LogP contribution in [0.15, 0.2) is 40.1 Å². The molecule has 0 N–H and O–H groups in total. The summed E-state index contributed by atoms with van der Waals surface area (Å²) in [6.07, 6.45) is 3.86. The predicted molar refractivity (Wildman–Crippen MR) is 93.5 cm³/mol. The molecule has 0 atom stereocenters. The Bertz CT molecular complexity index is 937. The summed E-state index contributed by atoms with van der Waals surface area (Å²) in [7, 11) is 4.46. The molecule has 0 saturated carbocycles. The molecule has 132 valence electrons. The number of hydrogen-bond acceptors (Lipinski definition) is 5. The Morgan fingerprint density at radius 2 is 1.96 bits per heavy atom. The number of benzene rings is 1. The molecule has 7 nitrogen and oxygen atoms in total. The Kier molecular flexibility index (Phi) is 5.59. The van der Waals surface area contributed by atoms with Crippen molar-refractivity contribution in [3.05, 3.63) is 68.0 Å². The van der Waals surface area contributed by atoms with Gasteiger partial charge in [-0.25, -0.2) is 9.59 Å². The van der Waals surface area contributed by atoms with Crippen molar-refractivity contribution < 1.29 is 14.3 Å². The highest BCUT2D eigenvalue weighted by Crippen LogP contribution is 2.20. The van der Waals surface area contributed by atoms with E-state index in [-0.39, 0.29) is 12.2 Å². The molecule has 2 aromatic rings. The molecule has 0 amide bonds. The number of hydrogen-bond donors (Lipinski definition) is 0. The van der Waals surface area contributed by atoms with Crippen LogP contribution in [-0.2, 0) is 30.2 Å². The topological polar surface area (TPSA) is 79.5 Å². The van der Waals surface area contributed by atoms with Gasteiger partial charge in [0.25, 0.3) is 5.56 Å². The van der Waals surface area contributed by atoms with E-state index in [1.54, 1.807) is 7.11 Å². The summed E-state index contributed by atoms with van der Waals surface area (Å²) < 4.78 is 12.7. The molecule has 0 unspecified atom stereocenters. The smallest absolute Gasteiger partial charge is 0.331 e. The van der Waals surface area contributed by atoms with Gasteiger partial charge in [0.2, 0.25) is 0 Å². The zero-order chi connectivity index (χ0) is 18.6. The van der Waals surface area contributed by atoms with Crippen molar-refractivity contribution in [3.63, 3.8) is 0 Å². The van der Waals surface area contributed by atoms with Gasteiger partial charge in [-0.3, -0.25) is 9.36 Å². The molecule has 2 rings (SSSR count). The maximum atomic E-state index is 12.0. The Balaban J connectivity index is 2.11. The van der Waals surface area contributed by atoms with Crippen LogP contribution in [0.5, 0.6) is 5.75 Å². The fraction of sp³-hybridized carbons (Fsp3) is 0.278. The molecule has 7 heteroatoms. The fourth-order valence-corrected chi connectivity index (χ4v) is 2.33.